The Morgan fingerprint density at radius 3 is 2.28 bits per heavy atom. The number of halogens is 1. The minimum atomic E-state index is -0.544. The van der Waals surface area contributed by atoms with Crippen molar-refractivity contribution in [1.29, 1.82) is 0 Å². The molecule has 0 saturated heterocycles. The summed E-state index contributed by atoms with van der Waals surface area (Å²) in [6.07, 6.45) is 0. The molecule has 0 aliphatic rings. The number of non-ortho nitro benzene ring substituents is 1. The maximum Gasteiger partial charge on any atom is 0.270 e. The van der Waals surface area contributed by atoms with Crippen molar-refractivity contribution in [3.8, 4) is 17.2 Å². The van der Waals surface area contributed by atoms with E-state index >= 15 is 0 Å². The van der Waals surface area contributed by atoms with E-state index in [1.807, 2.05) is 13.8 Å². The van der Waals surface area contributed by atoms with Crippen molar-refractivity contribution >= 4 is 24.0 Å². The Balaban J connectivity index is 0.00000420. The van der Waals surface area contributed by atoms with E-state index in [9.17, 15) is 14.9 Å². The van der Waals surface area contributed by atoms with Gasteiger partial charge in [0.15, 0.2) is 0 Å². The number of nitro groups is 1. The van der Waals surface area contributed by atoms with Gasteiger partial charge in [0.2, 0.25) is 0 Å². The molecule has 0 heterocycles. The summed E-state index contributed by atoms with van der Waals surface area (Å²) in [5.41, 5.74) is 5.39. The summed E-state index contributed by atoms with van der Waals surface area (Å²) < 4.78 is 10.9. The number of hydrogen-bond acceptors (Lipinski definition) is 6. The van der Waals surface area contributed by atoms with E-state index in [0.29, 0.717) is 24.6 Å². The SMILES string of the molecule is COc1ccc(Oc2ccc([N+](=O)[O-])cc2C(=O)N(C)CC(C)(C)CN)cc1.Cl. The normalized spacial score (nSPS) is 10.7. The zero-order valence-electron chi connectivity index (χ0n) is 16.9. The van der Waals surface area contributed by atoms with Gasteiger partial charge < -0.3 is 20.1 Å². The van der Waals surface area contributed by atoms with Gasteiger partial charge in [-0.15, -0.1) is 12.4 Å². The summed E-state index contributed by atoms with van der Waals surface area (Å²) >= 11 is 0. The number of amides is 1. The molecule has 0 unspecified atom stereocenters. The lowest BCUT2D eigenvalue weighted by atomic mass is 9.93. The van der Waals surface area contributed by atoms with E-state index in [-0.39, 0.29) is 40.7 Å². The van der Waals surface area contributed by atoms with Crippen LogP contribution in [0.2, 0.25) is 0 Å². The molecule has 8 nitrogen and oxygen atoms in total. The van der Waals surface area contributed by atoms with Crippen molar-refractivity contribution in [2.75, 3.05) is 27.2 Å². The number of nitrogens with two attached hydrogens (primary N) is 1. The van der Waals surface area contributed by atoms with Crippen LogP contribution in [0.4, 0.5) is 5.69 Å². The highest BCUT2D eigenvalue weighted by molar-refractivity contribution is 5.97. The number of ether oxygens (including phenoxy) is 2. The Morgan fingerprint density at radius 2 is 1.76 bits per heavy atom. The number of benzene rings is 2. The third kappa shape index (κ3) is 6.33. The first kappa shape index (κ1) is 24.2. The van der Waals surface area contributed by atoms with Crippen LogP contribution in [0.3, 0.4) is 0 Å². The van der Waals surface area contributed by atoms with Crippen LogP contribution >= 0.6 is 12.4 Å². The molecule has 0 aliphatic carbocycles. The smallest absolute Gasteiger partial charge is 0.270 e. The van der Waals surface area contributed by atoms with Gasteiger partial charge in [-0.3, -0.25) is 14.9 Å². The fourth-order valence-corrected chi connectivity index (χ4v) is 2.64. The summed E-state index contributed by atoms with van der Waals surface area (Å²) in [6.45, 7) is 4.68. The van der Waals surface area contributed by atoms with Gasteiger partial charge in [0.1, 0.15) is 17.2 Å². The first-order valence-electron chi connectivity index (χ1n) is 8.73. The highest BCUT2D eigenvalue weighted by atomic mass is 35.5. The molecule has 2 N–H and O–H groups in total. The Morgan fingerprint density at radius 1 is 1.17 bits per heavy atom. The van der Waals surface area contributed by atoms with E-state index < -0.39 is 4.92 Å². The highest BCUT2D eigenvalue weighted by Crippen LogP contribution is 2.31. The molecule has 0 aliphatic heterocycles. The van der Waals surface area contributed by atoms with Gasteiger partial charge in [-0.25, -0.2) is 0 Å². The summed E-state index contributed by atoms with van der Waals surface area (Å²) in [6, 6.07) is 10.8. The second kappa shape index (κ2) is 10.1. The van der Waals surface area contributed by atoms with Crippen molar-refractivity contribution in [1.82, 2.24) is 4.90 Å². The van der Waals surface area contributed by atoms with Crippen LogP contribution in [0.15, 0.2) is 42.5 Å². The Labute approximate surface area is 176 Å². The standard InChI is InChI=1S/C20H25N3O5.ClH/c1-20(2,12-21)13-22(3)19(24)17-11-14(23(25)26)5-10-18(17)28-16-8-6-15(27-4)7-9-16;/h5-11H,12-13,21H2,1-4H3;1H. The molecular formula is C20H26ClN3O5. The first-order valence-corrected chi connectivity index (χ1v) is 8.73. The van der Waals surface area contributed by atoms with E-state index in [1.54, 1.807) is 38.4 Å². The second-order valence-electron chi connectivity index (χ2n) is 7.24. The van der Waals surface area contributed by atoms with Crippen LogP contribution < -0.4 is 15.2 Å². The second-order valence-corrected chi connectivity index (χ2v) is 7.24. The molecule has 158 valence electrons. The molecule has 0 radical (unpaired) electrons. The maximum atomic E-state index is 13.0. The van der Waals surface area contributed by atoms with E-state index in [0.717, 1.165) is 0 Å². The third-order valence-corrected chi connectivity index (χ3v) is 4.26. The Kier molecular flexibility index (Phi) is 8.42. The molecule has 1 amide bonds. The predicted octanol–water partition coefficient (Wildman–Crippen LogP) is 3.87. The molecule has 0 aromatic heterocycles. The largest absolute Gasteiger partial charge is 0.497 e. The summed E-state index contributed by atoms with van der Waals surface area (Å²) in [7, 11) is 3.19. The molecule has 2 aromatic carbocycles. The molecule has 2 aromatic rings. The predicted molar refractivity (Wildman–Crippen MR) is 113 cm³/mol. The molecule has 0 spiro atoms. The van der Waals surface area contributed by atoms with Crippen LogP contribution in [-0.4, -0.2) is 43.0 Å². The molecule has 9 heteroatoms. The molecule has 29 heavy (non-hydrogen) atoms. The number of methoxy groups -OCH3 is 1. The fourth-order valence-electron chi connectivity index (χ4n) is 2.64. The topological polar surface area (TPSA) is 108 Å². The molecule has 0 bridgehead atoms. The van der Waals surface area contributed by atoms with Crippen molar-refractivity contribution in [2.45, 2.75) is 13.8 Å². The average molecular weight is 424 g/mol. The number of carbonyl (C=O) groups excluding carboxylic acids is 1. The van der Waals surface area contributed by atoms with Crippen molar-refractivity contribution in [2.24, 2.45) is 11.1 Å². The Bertz CT molecular complexity index is 856. The van der Waals surface area contributed by atoms with Gasteiger partial charge in [-0.1, -0.05) is 13.8 Å². The van der Waals surface area contributed by atoms with Crippen molar-refractivity contribution in [3.63, 3.8) is 0 Å². The van der Waals surface area contributed by atoms with Crippen LogP contribution in [0.25, 0.3) is 0 Å². The summed E-state index contributed by atoms with van der Waals surface area (Å²) in [5.74, 6) is 0.997. The van der Waals surface area contributed by atoms with Crippen molar-refractivity contribution in [3.05, 3.63) is 58.1 Å². The average Bonchev–Trinajstić information content (AvgIpc) is 2.67. The zero-order chi connectivity index (χ0) is 20.9. The molecular weight excluding hydrogens is 398 g/mol. The van der Waals surface area contributed by atoms with Crippen LogP contribution in [0, 0.1) is 15.5 Å². The lowest BCUT2D eigenvalue weighted by Crippen LogP contribution is -2.39. The fraction of sp³-hybridized carbons (Fsp3) is 0.350. The van der Waals surface area contributed by atoms with Gasteiger partial charge in [0.25, 0.3) is 11.6 Å². The lowest BCUT2D eigenvalue weighted by molar-refractivity contribution is -0.384. The lowest BCUT2D eigenvalue weighted by Gasteiger charge is -2.29. The minimum Gasteiger partial charge on any atom is -0.497 e. The van der Waals surface area contributed by atoms with Crippen LogP contribution in [0.5, 0.6) is 17.2 Å². The first-order chi connectivity index (χ1) is 13.2. The number of nitrogens with zero attached hydrogens (tertiary/aromatic N) is 2. The molecule has 0 fully saturated rings. The monoisotopic (exact) mass is 423 g/mol. The molecule has 0 saturated carbocycles. The number of carbonyl (C=O) groups is 1. The summed E-state index contributed by atoms with van der Waals surface area (Å²) in [4.78, 5) is 25.1. The maximum absolute atomic E-state index is 13.0. The van der Waals surface area contributed by atoms with E-state index in [1.165, 1.54) is 23.1 Å². The number of hydrogen-bond donors (Lipinski definition) is 1. The van der Waals surface area contributed by atoms with E-state index in [2.05, 4.69) is 0 Å². The van der Waals surface area contributed by atoms with Gasteiger partial charge in [-0.05, 0) is 42.3 Å². The summed E-state index contributed by atoms with van der Waals surface area (Å²) in [5, 5.41) is 11.2. The molecule has 0 atom stereocenters. The van der Waals surface area contributed by atoms with Crippen LogP contribution in [-0.2, 0) is 0 Å². The van der Waals surface area contributed by atoms with Gasteiger partial charge >= 0.3 is 0 Å². The number of rotatable bonds is 8. The van der Waals surface area contributed by atoms with Gasteiger partial charge in [-0.2, -0.15) is 0 Å². The third-order valence-electron chi connectivity index (χ3n) is 4.26. The number of nitro benzene ring substituents is 1. The minimum absolute atomic E-state index is 0. The van der Waals surface area contributed by atoms with Gasteiger partial charge in [0, 0.05) is 25.7 Å². The zero-order valence-corrected chi connectivity index (χ0v) is 17.7. The van der Waals surface area contributed by atoms with E-state index in [4.69, 9.17) is 15.2 Å². The van der Waals surface area contributed by atoms with Gasteiger partial charge in [0.05, 0.1) is 17.6 Å². The quantitative estimate of drug-likeness (QED) is 0.510. The van der Waals surface area contributed by atoms with Crippen molar-refractivity contribution < 1.29 is 19.2 Å². The molecule has 2 rings (SSSR count). The Hall–Kier alpha value is -2.84. The highest BCUT2D eigenvalue weighted by Gasteiger charge is 2.25. The van der Waals surface area contributed by atoms with Crippen LogP contribution in [0.1, 0.15) is 24.2 Å².